The summed E-state index contributed by atoms with van der Waals surface area (Å²) < 4.78 is 56.3. The standard InChI is InChI=1S/C21H25FN2O7S/c1-13(2)20(24-32(27,28)18-8-6-5-7-15(18)22)21(26)31-12-19(25)23-16-11-14(29-3)9-10-17(16)30-4/h5-11,13,20,24H,12H2,1-4H3,(H,23,25). The summed E-state index contributed by atoms with van der Waals surface area (Å²) >= 11 is 0. The zero-order valence-corrected chi connectivity index (χ0v) is 18.9. The van der Waals surface area contributed by atoms with Crippen molar-refractivity contribution in [1.29, 1.82) is 0 Å². The van der Waals surface area contributed by atoms with Crippen molar-refractivity contribution in [3.05, 3.63) is 48.3 Å². The van der Waals surface area contributed by atoms with Gasteiger partial charge in [0.25, 0.3) is 5.91 Å². The first-order valence-electron chi connectivity index (χ1n) is 9.54. The predicted molar refractivity (Wildman–Crippen MR) is 114 cm³/mol. The number of benzene rings is 2. The number of methoxy groups -OCH3 is 2. The van der Waals surface area contributed by atoms with Gasteiger partial charge in [-0.1, -0.05) is 26.0 Å². The van der Waals surface area contributed by atoms with Crippen molar-refractivity contribution in [1.82, 2.24) is 4.72 Å². The second kappa shape index (κ2) is 10.9. The lowest BCUT2D eigenvalue weighted by molar-refractivity contribution is -0.150. The first-order chi connectivity index (χ1) is 15.1. The summed E-state index contributed by atoms with van der Waals surface area (Å²) in [4.78, 5) is 24.2. The smallest absolute Gasteiger partial charge is 0.324 e. The number of hydrogen-bond donors (Lipinski definition) is 2. The first kappa shape index (κ1) is 25.1. The van der Waals surface area contributed by atoms with E-state index in [2.05, 4.69) is 10.0 Å². The molecule has 0 aliphatic rings. The number of ether oxygens (including phenoxy) is 3. The fourth-order valence-corrected chi connectivity index (χ4v) is 4.09. The molecule has 0 aromatic heterocycles. The van der Waals surface area contributed by atoms with Crippen LogP contribution < -0.4 is 19.5 Å². The van der Waals surface area contributed by atoms with Crippen molar-refractivity contribution >= 4 is 27.6 Å². The molecular formula is C21H25FN2O7S. The molecule has 0 spiro atoms. The number of hydrogen-bond acceptors (Lipinski definition) is 7. The van der Waals surface area contributed by atoms with Crippen LogP contribution in [-0.4, -0.2) is 47.2 Å². The molecule has 0 aliphatic heterocycles. The molecular weight excluding hydrogens is 443 g/mol. The quantitative estimate of drug-likeness (QED) is 0.514. The SMILES string of the molecule is COc1ccc(OC)c(NC(=O)COC(=O)C(NS(=O)(=O)c2ccccc2F)C(C)C)c1. The topological polar surface area (TPSA) is 120 Å². The zero-order chi connectivity index (χ0) is 23.9. The van der Waals surface area contributed by atoms with Gasteiger partial charge in [0.2, 0.25) is 10.0 Å². The fraction of sp³-hybridized carbons (Fsp3) is 0.333. The van der Waals surface area contributed by atoms with Gasteiger partial charge in [-0.2, -0.15) is 4.72 Å². The molecule has 0 fully saturated rings. The third-order valence-corrected chi connectivity index (χ3v) is 5.83. The summed E-state index contributed by atoms with van der Waals surface area (Å²) in [6.45, 7) is 2.48. The minimum absolute atomic E-state index is 0.300. The number of carbonyl (C=O) groups excluding carboxylic acids is 2. The van der Waals surface area contributed by atoms with Crippen molar-refractivity contribution in [2.75, 3.05) is 26.1 Å². The first-order valence-corrected chi connectivity index (χ1v) is 11.0. The van der Waals surface area contributed by atoms with Crippen molar-refractivity contribution in [3.63, 3.8) is 0 Å². The molecule has 2 aromatic rings. The maximum Gasteiger partial charge on any atom is 0.324 e. The van der Waals surface area contributed by atoms with Crippen LogP contribution in [0.5, 0.6) is 11.5 Å². The fourth-order valence-electron chi connectivity index (χ4n) is 2.67. The Hall–Kier alpha value is -3.18. The van der Waals surface area contributed by atoms with E-state index in [-0.39, 0.29) is 0 Å². The monoisotopic (exact) mass is 468 g/mol. The van der Waals surface area contributed by atoms with Crippen molar-refractivity contribution in [2.45, 2.75) is 24.8 Å². The second-order valence-electron chi connectivity index (χ2n) is 7.00. The number of carbonyl (C=O) groups is 2. The van der Waals surface area contributed by atoms with Crippen molar-refractivity contribution in [2.24, 2.45) is 5.92 Å². The van der Waals surface area contributed by atoms with Crippen LogP contribution in [0.3, 0.4) is 0 Å². The molecule has 32 heavy (non-hydrogen) atoms. The molecule has 1 atom stereocenters. The van der Waals surface area contributed by atoms with Crippen LogP contribution in [0.4, 0.5) is 10.1 Å². The molecule has 2 N–H and O–H groups in total. The summed E-state index contributed by atoms with van der Waals surface area (Å²) in [6.07, 6.45) is 0. The van der Waals surface area contributed by atoms with E-state index in [0.717, 1.165) is 12.1 Å². The summed E-state index contributed by atoms with van der Waals surface area (Å²) in [5.74, 6) is -2.31. The van der Waals surface area contributed by atoms with Crippen molar-refractivity contribution in [3.8, 4) is 11.5 Å². The Morgan fingerprint density at radius 2 is 1.75 bits per heavy atom. The number of rotatable bonds is 10. The van der Waals surface area contributed by atoms with Crippen LogP contribution in [0.2, 0.25) is 0 Å². The molecule has 1 amide bonds. The Morgan fingerprint density at radius 1 is 1.06 bits per heavy atom. The molecule has 9 nitrogen and oxygen atoms in total. The van der Waals surface area contributed by atoms with Gasteiger partial charge in [0, 0.05) is 6.07 Å². The number of anilines is 1. The van der Waals surface area contributed by atoms with E-state index < -0.39 is 51.2 Å². The molecule has 0 bridgehead atoms. The highest BCUT2D eigenvalue weighted by atomic mass is 32.2. The van der Waals surface area contributed by atoms with Gasteiger partial charge >= 0.3 is 5.97 Å². The molecule has 0 saturated heterocycles. The number of nitrogens with one attached hydrogen (secondary N) is 2. The van der Waals surface area contributed by atoms with Crippen LogP contribution in [0.25, 0.3) is 0 Å². The Morgan fingerprint density at radius 3 is 2.34 bits per heavy atom. The summed E-state index contributed by atoms with van der Waals surface area (Å²) in [5.41, 5.74) is 0.300. The van der Waals surface area contributed by atoms with E-state index in [1.54, 1.807) is 26.0 Å². The lowest BCUT2D eigenvalue weighted by Gasteiger charge is -2.21. The minimum atomic E-state index is -4.34. The van der Waals surface area contributed by atoms with Crippen LogP contribution >= 0.6 is 0 Å². The molecule has 0 radical (unpaired) electrons. The maximum atomic E-state index is 13.9. The third kappa shape index (κ3) is 6.41. The van der Waals surface area contributed by atoms with Gasteiger partial charge < -0.3 is 19.5 Å². The third-order valence-electron chi connectivity index (χ3n) is 4.36. The molecule has 11 heteroatoms. The highest BCUT2D eigenvalue weighted by Gasteiger charge is 2.31. The van der Waals surface area contributed by atoms with E-state index >= 15 is 0 Å². The van der Waals surface area contributed by atoms with Crippen molar-refractivity contribution < 1.29 is 36.6 Å². The molecule has 2 aromatic carbocycles. The van der Waals surface area contributed by atoms with Crippen LogP contribution in [0, 0.1) is 11.7 Å². The van der Waals surface area contributed by atoms with Gasteiger partial charge in [0.15, 0.2) is 6.61 Å². The molecule has 2 rings (SSSR count). The summed E-state index contributed by atoms with van der Waals surface area (Å²) in [6, 6.07) is 8.20. The summed E-state index contributed by atoms with van der Waals surface area (Å²) in [5, 5.41) is 2.53. The van der Waals surface area contributed by atoms with Gasteiger partial charge in [-0.15, -0.1) is 0 Å². The number of esters is 1. The van der Waals surface area contributed by atoms with Gasteiger partial charge in [-0.25, -0.2) is 12.8 Å². The van der Waals surface area contributed by atoms with Crippen LogP contribution in [-0.2, 0) is 24.3 Å². The van der Waals surface area contributed by atoms with Crippen LogP contribution in [0.15, 0.2) is 47.4 Å². The average Bonchev–Trinajstić information content (AvgIpc) is 2.75. The molecule has 0 aliphatic carbocycles. The Bertz CT molecular complexity index is 1070. The van der Waals surface area contributed by atoms with Gasteiger partial charge in [-0.3, -0.25) is 9.59 Å². The Kier molecular flexibility index (Phi) is 8.56. The Balaban J connectivity index is 2.06. The highest BCUT2D eigenvalue weighted by molar-refractivity contribution is 7.89. The molecule has 174 valence electrons. The van der Waals surface area contributed by atoms with E-state index in [4.69, 9.17) is 14.2 Å². The highest BCUT2D eigenvalue weighted by Crippen LogP contribution is 2.28. The lowest BCUT2D eigenvalue weighted by Crippen LogP contribution is -2.46. The van der Waals surface area contributed by atoms with E-state index in [1.165, 1.54) is 32.4 Å². The average molecular weight is 469 g/mol. The number of halogens is 1. The van der Waals surface area contributed by atoms with Gasteiger partial charge in [0.1, 0.15) is 28.3 Å². The van der Waals surface area contributed by atoms with E-state index in [1.807, 2.05) is 0 Å². The van der Waals surface area contributed by atoms with Gasteiger partial charge in [-0.05, 0) is 30.2 Å². The predicted octanol–water partition coefficient (Wildman–Crippen LogP) is 2.33. The van der Waals surface area contributed by atoms with Gasteiger partial charge in [0.05, 0.1) is 19.9 Å². The maximum absolute atomic E-state index is 13.9. The van der Waals surface area contributed by atoms with Crippen LogP contribution in [0.1, 0.15) is 13.8 Å². The molecule has 1 unspecified atom stereocenters. The normalized spacial score (nSPS) is 12.2. The molecule has 0 heterocycles. The Labute approximate surface area is 185 Å². The van der Waals surface area contributed by atoms with E-state index in [9.17, 15) is 22.4 Å². The lowest BCUT2D eigenvalue weighted by atomic mass is 10.1. The number of sulfonamides is 1. The zero-order valence-electron chi connectivity index (χ0n) is 18.0. The molecule has 0 saturated carbocycles. The number of amides is 1. The van der Waals surface area contributed by atoms with E-state index in [0.29, 0.717) is 17.2 Å². The second-order valence-corrected chi connectivity index (χ2v) is 8.68. The largest absolute Gasteiger partial charge is 0.497 e. The summed E-state index contributed by atoms with van der Waals surface area (Å²) in [7, 11) is -1.46. The minimum Gasteiger partial charge on any atom is -0.497 e.